The zero-order valence-electron chi connectivity index (χ0n) is 20.8. The quantitative estimate of drug-likeness (QED) is 0.147. The molecule has 0 spiro atoms. The number of anilines is 1. The Balaban J connectivity index is 1.59. The highest BCUT2D eigenvalue weighted by molar-refractivity contribution is 7.99. The molecular formula is C26H24N6O3S3. The number of ether oxygens (including phenoxy) is 1. The van der Waals surface area contributed by atoms with E-state index in [1.807, 2.05) is 69.3 Å². The zero-order chi connectivity index (χ0) is 26.8. The third-order valence-electron chi connectivity index (χ3n) is 5.58. The Kier molecular flexibility index (Phi) is 7.45. The fraction of sp³-hybridized carbons (Fsp3) is 0.192. The summed E-state index contributed by atoms with van der Waals surface area (Å²) in [4.78, 5) is 31.4. The Morgan fingerprint density at radius 3 is 2.45 bits per heavy atom. The van der Waals surface area contributed by atoms with E-state index in [0.717, 1.165) is 22.7 Å². The molecule has 0 unspecified atom stereocenters. The first-order valence-electron chi connectivity index (χ1n) is 11.8. The summed E-state index contributed by atoms with van der Waals surface area (Å²) in [7, 11) is 0. The van der Waals surface area contributed by atoms with Gasteiger partial charge in [-0.2, -0.15) is 5.10 Å². The van der Waals surface area contributed by atoms with Gasteiger partial charge in [0.1, 0.15) is 10.4 Å². The maximum Gasteiger partial charge on any atom is 0.278 e. The number of nitrogens with zero attached hydrogens (tertiary/aromatic N) is 4. The normalized spacial score (nSPS) is 11.1. The van der Waals surface area contributed by atoms with Gasteiger partial charge in [0.05, 0.1) is 18.0 Å². The van der Waals surface area contributed by atoms with E-state index in [2.05, 4.69) is 15.5 Å². The van der Waals surface area contributed by atoms with Gasteiger partial charge in [0, 0.05) is 17.4 Å². The molecular weight excluding hydrogens is 541 g/mol. The van der Waals surface area contributed by atoms with Crippen LogP contribution in [0.25, 0.3) is 21.7 Å². The summed E-state index contributed by atoms with van der Waals surface area (Å²) in [6, 6.07) is 16.8. The van der Waals surface area contributed by atoms with Crippen molar-refractivity contribution in [1.82, 2.24) is 24.3 Å². The maximum atomic E-state index is 13.8. The summed E-state index contributed by atoms with van der Waals surface area (Å²) >= 11 is 8.05. The number of nitrogens with one attached hydrogen (secondary N) is 2. The lowest BCUT2D eigenvalue weighted by Gasteiger charge is -2.13. The SMILES string of the molecule is CCOc1ccc(-n2c(=S)sc3c(=O)n(-c4ccc(C)cc4)c(SCC(=O)Nc4cc(C)[nH]n4)nc32)cc1. The van der Waals surface area contributed by atoms with Gasteiger partial charge in [0.15, 0.2) is 20.6 Å². The Morgan fingerprint density at radius 2 is 1.79 bits per heavy atom. The standard InChI is InChI=1S/C26H24N6O3S3/c1-4-35-19-11-9-17(10-12-19)31-23-22(38-26(31)36)24(34)32(18-7-5-15(2)6-8-18)25(28-23)37-14-21(33)27-20-13-16(3)29-30-20/h5-13H,4,14H2,1-3H3,(H2,27,29,30,33). The monoisotopic (exact) mass is 564 g/mol. The van der Waals surface area contributed by atoms with Crippen molar-refractivity contribution in [1.29, 1.82) is 0 Å². The van der Waals surface area contributed by atoms with E-state index in [9.17, 15) is 9.59 Å². The van der Waals surface area contributed by atoms with Crippen molar-refractivity contribution in [2.75, 3.05) is 17.7 Å². The van der Waals surface area contributed by atoms with Crippen LogP contribution < -0.4 is 15.6 Å². The second kappa shape index (κ2) is 10.9. The van der Waals surface area contributed by atoms with Gasteiger partial charge in [-0.25, -0.2) is 4.98 Å². The van der Waals surface area contributed by atoms with Crippen LogP contribution in [0.1, 0.15) is 18.2 Å². The fourth-order valence-corrected chi connectivity index (χ4v) is 5.94. The van der Waals surface area contributed by atoms with Crippen LogP contribution in [0.2, 0.25) is 0 Å². The van der Waals surface area contributed by atoms with Crippen LogP contribution in [0.15, 0.2) is 64.5 Å². The van der Waals surface area contributed by atoms with Crippen LogP contribution in [-0.4, -0.2) is 42.6 Å². The fourth-order valence-electron chi connectivity index (χ4n) is 3.83. The number of benzene rings is 2. The molecule has 0 atom stereocenters. The van der Waals surface area contributed by atoms with Gasteiger partial charge >= 0.3 is 0 Å². The number of rotatable bonds is 8. The van der Waals surface area contributed by atoms with Gasteiger partial charge in [0.25, 0.3) is 5.56 Å². The number of carbonyl (C=O) groups excluding carboxylic acids is 1. The molecule has 0 saturated heterocycles. The van der Waals surface area contributed by atoms with Crippen LogP contribution in [0.3, 0.4) is 0 Å². The molecule has 3 heterocycles. The molecule has 0 bridgehead atoms. The van der Waals surface area contributed by atoms with Crippen molar-refractivity contribution in [3.8, 4) is 17.1 Å². The van der Waals surface area contributed by atoms with Crippen molar-refractivity contribution in [2.24, 2.45) is 0 Å². The molecule has 0 aliphatic heterocycles. The predicted molar refractivity (Wildman–Crippen MR) is 154 cm³/mol. The Hall–Kier alpha value is -3.74. The number of H-pyrrole nitrogens is 1. The summed E-state index contributed by atoms with van der Waals surface area (Å²) in [5.41, 5.74) is 3.54. The van der Waals surface area contributed by atoms with Crippen molar-refractivity contribution >= 4 is 57.4 Å². The number of thioether (sulfide) groups is 1. The third-order valence-corrected chi connectivity index (χ3v) is 7.87. The van der Waals surface area contributed by atoms with Crippen LogP contribution in [0.5, 0.6) is 5.75 Å². The van der Waals surface area contributed by atoms with Crippen molar-refractivity contribution in [3.63, 3.8) is 0 Å². The largest absolute Gasteiger partial charge is 0.494 e. The number of hydrogen-bond acceptors (Lipinski definition) is 8. The highest BCUT2D eigenvalue weighted by Crippen LogP contribution is 2.28. The van der Waals surface area contributed by atoms with Gasteiger partial charge in [-0.15, -0.1) is 0 Å². The minimum atomic E-state index is -0.264. The first kappa shape index (κ1) is 25.9. The van der Waals surface area contributed by atoms with E-state index < -0.39 is 0 Å². The summed E-state index contributed by atoms with van der Waals surface area (Å²) in [5, 5.41) is 9.98. The van der Waals surface area contributed by atoms with Gasteiger partial charge < -0.3 is 10.1 Å². The van der Waals surface area contributed by atoms with Crippen molar-refractivity contribution in [2.45, 2.75) is 25.9 Å². The van der Waals surface area contributed by atoms with E-state index in [1.165, 1.54) is 27.7 Å². The van der Waals surface area contributed by atoms with E-state index >= 15 is 0 Å². The molecule has 0 radical (unpaired) electrons. The molecule has 0 aliphatic rings. The topological polar surface area (TPSA) is 107 Å². The number of aromatic amines is 1. The number of hydrogen-bond donors (Lipinski definition) is 2. The van der Waals surface area contributed by atoms with Gasteiger partial charge in [0.2, 0.25) is 5.91 Å². The molecule has 194 valence electrons. The van der Waals surface area contributed by atoms with E-state index in [0.29, 0.717) is 37.6 Å². The second-order valence-corrected chi connectivity index (χ2v) is 11.0. The van der Waals surface area contributed by atoms with Crippen LogP contribution in [0, 0.1) is 17.8 Å². The molecule has 9 nitrogen and oxygen atoms in total. The number of thiazole rings is 1. The lowest BCUT2D eigenvalue weighted by atomic mass is 10.2. The lowest BCUT2D eigenvalue weighted by Crippen LogP contribution is -2.22. The van der Waals surface area contributed by atoms with Crippen LogP contribution in [0.4, 0.5) is 5.82 Å². The second-order valence-electron chi connectivity index (χ2n) is 8.43. The average Bonchev–Trinajstić information content (AvgIpc) is 3.46. The summed E-state index contributed by atoms with van der Waals surface area (Å²) in [5.74, 6) is 0.949. The molecule has 0 saturated carbocycles. The maximum absolute atomic E-state index is 13.8. The van der Waals surface area contributed by atoms with E-state index in [-0.39, 0.29) is 17.2 Å². The molecule has 3 aromatic heterocycles. The smallest absolute Gasteiger partial charge is 0.278 e. The van der Waals surface area contributed by atoms with Gasteiger partial charge in [-0.3, -0.25) is 23.8 Å². The number of carbonyl (C=O) groups is 1. The number of amides is 1. The molecule has 2 N–H and O–H groups in total. The molecule has 5 rings (SSSR count). The van der Waals surface area contributed by atoms with Gasteiger partial charge in [-0.1, -0.05) is 40.8 Å². The van der Waals surface area contributed by atoms with Crippen LogP contribution >= 0.6 is 35.3 Å². The highest BCUT2D eigenvalue weighted by Gasteiger charge is 2.20. The molecule has 0 fully saturated rings. The van der Waals surface area contributed by atoms with Crippen molar-refractivity contribution in [3.05, 3.63) is 80.2 Å². The summed E-state index contributed by atoms with van der Waals surface area (Å²) in [6.07, 6.45) is 0. The van der Waals surface area contributed by atoms with Crippen molar-refractivity contribution < 1.29 is 9.53 Å². The predicted octanol–water partition coefficient (Wildman–Crippen LogP) is 5.44. The summed E-state index contributed by atoms with van der Waals surface area (Å²) in [6.45, 7) is 6.32. The first-order chi connectivity index (χ1) is 18.3. The van der Waals surface area contributed by atoms with Crippen LogP contribution in [-0.2, 0) is 4.79 Å². The zero-order valence-corrected chi connectivity index (χ0v) is 23.3. The number of aryl methyl sites for hydroxylation is 2. The first-order valence-corrected chi connectivity index (χ1v) is 14.0. The molecule has 1 amide bonds. The molecule has 5 aromatic rings. The number of aromatic nitrogens is 5. The molecule has 12 heteroatoms. The molecule has 2 aromatic carbocycles. The minimum absolute atomic E-state index is 0.0314. The Labute approximate surface area is 231 Å². The third kappa shape index (κ3) is 5.28. The minimum Gasteiger partial charge on any atom is -0.494 e. The Morgan fingerprint density at radius 1 is 1.11 bits per heavy atom. The van der Waals surface area contributed by atoms with E-state index in [1.54, 1.807) is 10.6 Å². The average molecular weight is 565 g/mol. The summed E-state index contributed by atoms with van der Waals surface area (Å²) < 4.78 is 9.80. The molecule has 0 aliphatic carbocycles. The van der Waals surface area contributed by atoms with E-state index in [4.69, 9.17) is 21.9 Å². The molecule has 38 heavy (non-hydrogen) atoms. The van der Waals surface area contributed by atoms with Gasteiger partial charge in [-0.05, 0) is 69.4 Å². The number of fused-ring (bicyclic) bond motifs is 1. The Bertz CT molecular complexity index is 1730. The highest BCUT2D eigenvalue weighted by atomic mass is 32.2. The lowest BCUT2D eigenvalue weighted by molar-refractivity contribution is -0.113.